The molecule has 0 spiro atoms. The SMILES string of the molecule is C#CCn1c(=NC(=O)[C@@H]2CCCN2S(=O)(=O)c2cccs2)sc2c(OC)ccc(OC)c21. The molecule has 0 unspecified atom stereocenters. The maximum atomic E-state index is 13.2. The van der Waals surface area contributed by atoms with Crippen LogP contribution >= 0.6 is 22.7 Å². The van der Waals surface area contributed by atoms with Crippen molar-refractivity contribution >= 4 is 48.8 Å². The Kier molecular flexibility index (Phi) is 6.39. The van der Waals surface area contributed by atoms with Crippen LogP contribution in [0.5, 0.6) is 11.5 Å². The zero-order valence-corrected chi connectivity index (χ0v) is 19.9. The fourth-order valence-corrected chi connectivity index (χ4v) is 7.66. The Morgan fingerprint density at radius 3 is 2.69 bits per heavy atom. The topological polar surface area (TPSA) is 90.2 Å². The van der Waals surface area contributed by atoms with E-state index in [2.05, 4.69) is 10.9 Å². The highest BCUT2D eigenvalue weighted by Gasteiger charge is 2.40. The van der Waals surface area contributed by atoms with Crippen LogP contribution in [-0.4, -0.2) is 50.0 Å². The van der Waals surface area contributed by atoms with Crippen LogP contribution in [0.1, 0.15) is 12.8 Å². The van der Waals surface area contributed by atoms with E-state index in [4.69, 9.17) is 15.9 Å². The lowest BCUT2D eigenvalue weighted by Gasteiger charge is -2.20. The van der Waals surface area contributed by atoms with Crippen molar-refractivity contribution in [2.75, 3.05) is 20.8 Å². The van der Waals surface area contributed by atoms with Crippen LogP contribution in [-0.2, 0) is 21.4 Å². The normalized spacial score (nSPS) is 17.5. The summed E-state index contributed by atoms with van der Waals surface area (Å²) in [6.45, 7) is 0.447. The van der Waals surface area contributed by atoms with Crippen molar-refractivity contribution in [1.29, 1.82) is 0 Å². The second-order valence-corrected chi connectivity index (χ2v) is 11.0. The first-order valence-electron chi connectivity index (χ1n) is 9.74. The van der Waals surface area contributed by atoms with Gasteiger partial charge >= 0.3 is 0 Å². The van der Waals surface area contributed by atoms with Gasteiger partial charge in [-0.1, -0.05) is 23.3 Å². The van der Waals surface area contributed by atoms with Crippen LogP contribution in [0.2, 0.25) is 0 Å². The van der Waals surface area contributed by atoms with Gasteiger partial charge in [-0.15, -0.1) is 17.8 Å². The van der Waals surface area contributed by atoms with E-state index in [0.717, 1.165) is 16.0 Å². The Balaban J connectivity index is 1.81. The molecule has 3 aromatic rings. The van der Waals surface area contributed by atoms with Crippen LogP contribution < -0.4 is 14.3 Å². The van der Waals surface area contributed by atoms with E-state index in [1.807, 2.05) is 0 Å². The summed E-state index contributed by atoms with van der Waals surface area (Å²) in [5, 5.41) is 1.70. The van der Waals surface area contributed by atoms with Gasteiger partial charge in [0.1, 0.15) is 32.0 Å². The minimum Gasteiger partial charge on any atom is -0.495 e. The predicted octanol–water partition coefficient (Wildman–Crippen LogP) is 2.70. The molecule has 0 radical (unpaired) electrons. The fourth-order valence-electron chi connectivity index (χ4n) is 3.75. The molecule has 1 atom stereocenters. The average molecular weight is 492 g/mol. The summed E-state index contributed by atoms with van der Waals surface area (Å²) in [7, 11) is -0.648. The standard InChI is InChI=1S/C21H21N3O5S3/c1-4-11-23-18-15(28-2)9-10-16(29-3)19(18)31-21(23)22-20(25)14-7-5-12-24(14)32(26,27)17-8-6-13-30-17/h1,6,8-10,13-14H,5,7,11-12H2,2-3H3/t14-/m0/s1. The maximum absolute atomic E-state index is 13.2. The molecule has 0 N–H and O–H groups in total. The fraction of sp³-hybridized carbons (Fsp3) is 0.333. The van der Waals surface area contributed by atoms with Gasteiger partial charge in [0.25, 0.3) is 15.9 Å². The number of fused-ring (bicyclic) bond motifs is 1. The van der Waals surface area contributed by atoms with Gasteiger partial charge in [0.15, 0.2) is 4.80 Å². The summed E-state index contributed by atoms with van der Waals surface area (Å²) in [6, 6.07) is 5.91. The quantitative estimate of drug-likeness (QED) is 0.495. The summed E-state index contributed by atoms with van der Waals surface area (Å²) in [4.78, 5) is 17.9. The maximum Gasteiger partial charge on any atom is 0.266 e. The summed E-state index contributed by atoms with van der Waals surface area (Å²) in [6.07, 6.45) is 6.59. The zero-order valence-electron chi connectivity index (χ0n) is 17.5. The van der Waals surface area contributed by atoms with Crippen molar-refractivity contribution in [3.8, 4) is 23.8 Å². The van der Waals surface area contributed by atoms with Crippen LogP contribution in [0.4, 0.5) is 0 Å². The molecule has 1 saturated heterocycles. The number of ether oxygens (including phenoxy) is 2. The van der Waals surface area contributed by atoms with Gasteiger partial charge in [-0.25, -0.2) is 8.42 Å². The minimum absolute atomic E-state index is 0.164. The summed E-state index contributed by atoms with van der Waals surface area (Å²) >= 11 is 2.38. The Morgan fingerprint density at radius 1 is 1.28 bits per heavy atom. The molecule has 2 aromatic heterocycles. The van der Waals surface area contributed by atoms with E-state index in [-0.39, 0.29) is 17.3 Å². The number of carbonyl (C=O) groups excluding carboxylic acids is 1. The molecule has 8 nitrogen and oxygen atoms in total. The van der Waals surface area contributed by atoms with Gasteiger partial charge in [0, 0.05) is 6.54 Å². The molecule has 1 aliphatic heterocycles. The van der Waals surface area contributed by atoms with Crippen LogP contribution in [0, 0.1) is 12.3 Å². The molecule has 1 aromatic carbocycles. The van der Waals surface area contributed by atoms with Crippen molar-refractivity contribution in [1.82, 2.24) is 8.87 Å². The zero-order chi connectivity index (χ0) is 22.9. The lowest BCUT2D eigenvalue weighted by atomic mass is 10.2. The first-order valence-corrected chi connectivity index (χ1v) is 12.9. The molecule has 0 aliphatic carbocycles. The number of methoxy groups -OCH3 is 2. The second-order valence-electron chi connectivity index (χ2n) is 6.98. The third-order valence-corrected chi connectivity index (χ3v) is 9.57. The van der Waals surface area contributed by atoms with Gasteiger partial charge in [0.05, 0.1) is 20.8 Å². The highest BCUT2D eigenvalue weighted by molar-refractivity contribution is 7.91. The summed E-state index contributed by atoms with van der Waals surface area (Å²) in [5.74, 6) is 3.24. The highest BCUT2D eigenvalue weighted by atomic mass is 32.2. The van der Waals surface area contributed by atoms with E-state index in [1.54, 1.807) is 48.4 Å². The number of hydrogen-bond acceptors (Lipinski definition) is 7. The Morgan fingerprint density at radius 2 is 2.03 bits per heavy atom. The molecule has 11 heteroatoms. The van der Waals surface area contributed by atoms with Crippen molar-refractivity contribution < 1.29 is 22.7 Å². The van der Waals surface area contributed by atoms with Gasteiger partial charge in [-0.2, -0.15) is 9.30 Å². The average Bonchev–Trinajstić information content (AvgIpc) is 3.54. The largest absolute Gasteiger partial charge is 0.495 e. The minimum atomic E-state index is -3.75. The van der Waals surface area contributed by atoms with E-state index in [9.17, 15) is 13.2 Å². The van der Waals surface area contributed by atoms with Gasteiger partial charge < -0.3 is 14.0 Å². The number of carbonyl (C=O) groups is 1. The highest BCUT2D eigenvalue weighted by Crippen LogP contribution is 2.35. The van der Waals surface area contributed by atoms with Gasteiger partial charge in [-0.05, 0) is 36.4 Å². The van der Waals surface area contributed by atoms with Crippen molar-refractivity contribution in [3.05, 3.63) is 34.4 Å². The number of thiazole rings is 1. The number of terminal acetylenes is 1. The van der Waals surface area contributed by atoms with Crippen molar-refractivity contribution in [2.24, 2.45) is 4.99 Å². The molecule has 3 heterocycles. The molecular weight excluding hydrogens is 470 g/mol. The first-order chi connectivity index (χ1) is 15.4. The molecule has 32 heavy (non-hydrogen) atoms. The van der Waals surface area contributed by atoms with Crippen LogP contribution in [0.25, 0.3) is 10.2 Å². The Labute approximate surface area is 193 Å². The number of rotatable bonds is 6. The van der Waals surface area contributed by atoms with E-state index < -0.39 is 22.0 Å². The first kappa shape index (κ1) is 22.5. The second kappa shape index (κ2) is 9.07. The molecule has 0 saturated carbocycles. The summed E-state index contributed by atoms with van der Waals surface area (Å²) < 4.78 is 40.9. The molecule has 4 rings (SSSR count). The number of sulfonamides is 1. The van der Waals surface area contributed by atoms with E-state index in [0.29, 0.717) is 34.7 Å². The van der Waals surface area contributed by atoms with Crippen LogP contribution in [0.3, 0.4) is 0 Å². The molecule has 0 bridgehead atoms. The van der Waals surface area contributed by atoms with Crippen LogP contribution in [0.15, 0.2) is 38.8 Å². The van der Waals surface area contributed by atoms with Gasteiger partial charge in [-0.3, -0.25) is 4.79 Å². The summed E-state index contributed by atoms with van der Waals surface area (Å²) in [5.41, 5.74) is 0.677. The predicted molar refractivity (Wildman–Crippen MR) is 124 cm³/mol. The Hall–Kier alpha value is -2.65. The van der Waals surface area contributed by atoms with Crippen molar-refractivity contribution in [2.45, 2.75) is 29.6 Å². The molecule has 1 amide bonds. The monoisotopic (exact) mass is 491 g/mol. The van der Waals surface area contributed by atoms with Crippen molar-refractivity contribution in [3.63, 3.8) is 0 Å². The number of benzene rings is 1. The number of hydrogen-bond donors (Lipinski definition) is 0. The lowest BCUT2D eigenvalue weighted by Crippen LogP contribution is -2.40. The number of nitrogens with zero attached hydrogens (tertiary/aromatic N) is 3. The third kappa shape index (κ3) is 3.84. The smallest absolute Gasteiger partial charge is 0.266 e. The Bertz CT molecular complexity index is 1360. The third-order valence-electron chi connectivity index (χ3n) is 5.19. The molecule has 1 aliphatic rings. The molecule has 1 fully saturated rings. The van der Waals surface area contributed by atoms with Gasteiger partial charge in [0.2, 0.25) is 0 Å². The number of thiophene rings is 1. The molecular formula is C21H21N3O5S3. The van der Waals surface area contributed by atoms with E-state index in [1.165, 1.54) is 15.6 Å². The number of amides is 1. The lowest BCUT2D eigenvalue weighted by molar-refractivity contribution is -0.121. The number of aromatic nitrogens is 1. The molecule has 168 valence electrons. The van der Waals surface area contributed by atoms with E-state index >= 15 is 0 Å².